The van der Waals surface area contributed by atoms with Gasteiger partial charge in [-0.15, -0.1) is 0 Å². The first-order valence-electron chi connectivity index (χ1n) is 10.8. The molecule has 2 aromatic rings. The first kappa shape index (κ1) is 19.3. The van der Waals surface area contributed by atoms with E-state index in [1.54, 1.807) is 18.2 Å². The van der Waals surface area contributed by atoms with Gasteiger partial charge in [-0.3, -0.25) is 9.59 Å². The number of anilines is 1. The Labute approximate surface area is 184 Å². The Morgan fingerprint density at radius 1 is 1.16 bits per heavy atom. The Hall–Kier alpha value is -2.44. The second kappa shape index (κ2) is 6.78. The molecule has 4 fully saturated rings. The van der Waals surface area contributed by atoms with Crippen LogP contribution < -0.4 is 10.6 Å². The fourth-order valence-electron chi connectivity index (χ4n) is 6.27. The highest BCUT2D eigenvalue weighted by Gasteiger charge is 2.56. The van der Waals surface area contributed by atoms with Crippen LogP contribution in [0.2, 0.25) is 5.02 Å². The molecule has 2 aromatic carbocycles. The Kier molecular flexibility index (Phi) is 4.21. The van der Waals surface area contributed by atoms with Gasteiger partial charge in [-0.2, -0.15) is 0 Å². The number of ether oxygens (including phenoxy) is 1. The maximum Gasteiger partial charge on any atom is 0.256 e. The summed E-state index contributed by atoms with van der Waals surface area (Å²) in [6.07, 6.45) is 4.94. The zero-order valence-corrected chi connectivity index (χ0v) is 17.5. The van der Waals surface area contributed by atoms with Crippen molar-refractivity contribution in [2.24, 2.45) is 11.8 Å². The van der Waals surface area contributed by atoms with Gasteiger partial charge in [0.15, 0.2) is 0 Å². The van der Waals surface area contributed by atoms with Gasteiger partial charge in [-0.25, -0.2) is 4.39 Å². The molecule has 160 valence electrons. The van der Waals surface area contributed by atoms with Crippen molar-refractivity contribution < 1.29 is 18.7 Å². The highest BCUT2D eigenvalue weighted by Crippen LogP contribution is 2.53. The third kappa shape index (κ3) is 2.99. The molecule has 7 rings (SSSR count). The number of amides is 2. The quantitative estimate of drug-likeness (QED) is 0.733. The second-order valence-electron chi connectivity index (χ2n) is 9.37. The van der Waals surface area contributed by atoms with Crippen LogP contribution in [0.15, 0.2) is 36.4 Å². The predicted octanol–water partition coefficient (Wildman–Crippen LogP) is 4.60. The van der Waals surface area contributed by atoms with Crippen molar-refractivity contribution >= 4 is 29.1 Å². The normalized spacial score (nSPS) is 32.6. The fourth-order valence-corrected chi connectivity index (χ4v) is 6.50. The van der Waals surface area contributed by atoms with Crippen molar-refractivity contribution in [3.63, 3.8) is 0 Å². The number of carbonyl (C=O) groups is 2. The molecular weight excluding hydrogens is 419 g/mol. The maximum atomic E-state index is 13.9. The van der Waals surface area contributed by atoms with Gasteiger partial charge in [0, 0.05) is 27.4 Å². The van der Waals surface area contributed by atoms with Crippen LogP contribution in [0.5, 0.6) is 0 Å². The van der Waals surface area contributed by atoms with Crippen molar-refractivity contribution in [3.8, 4) is 0 Å². The summed E-state index contributed by atoms with van der Waals surface area (Å²) in [6, 6.07) is 8.65. The molecule has 0 aromatic heterocycles. The lowest BCUT2D eigenvalue weighted by Crippen LogP contribution is -2.60. The molecule has 2 saturated heterocycles. The highest BCUT2D eigenvalue weighted by molar-refractivity contribution is 6.31. The van der Waals surface area contributed by atoms with Crippen molar-refractivity contribution in [1.82, 2.24) is 5.32 Å². The Bertz CT molecular complexity index is 1080. The van der Waals surface area contributed by atoms with E-state index in [2.05, 4.69) is 10.6 Å². The van der Waals surface area contributed by atoms with Crippen molar-refractivity contribution in [1.29, 1.82) is 0 Å². The highest BCUT2D eigenvalue weighted by atomic mass is 35.5. The van der Waals surface area contributed by atoms with Crippen molar-refractivity contribution in [2.75, 3.05) is 5.32 Å². The van der Waals surface area contributed by atoms with Crippen LogP contribution in [-0.2, 0) is 9.53 Å². The lowest BCUT2D eigenvalue weighted by atomic mass is 9.62. The van der Waals surface area contributed by atoms with E-state index in [1.807, 2.05) is 0 Å². The molecule has 3 unspecified atom stereocenters. The van der Waals surface area contributed by atoms with Crippen LogP contribution >= 0.6 is 11.6 Å². The smallest absolute Gasteiger partial charge is 0.256 e. The van der Waals surface area contributed by atoms with E-state index in [9.17, 15) is 14.0 Å². The summed E-state index contributed by atoms with van der Waals surface area (Å²) in [4.78, 5) is 26.1. The third-order valence-electron chi connectivity index (χ3n) is 7.33. The van der Waals surface area contributed by atoms with E-state index in [0.29, 0.717) is 39.2 Å². The third-order valence-corrected chi connectivity index (χ3v) is 7.68. The van der Waals surface area contributed by atoms with Gasteiger partial charge in [0.2, 0.25) is 0 Å². The van der Waals surface area contributed by atoms with Gasteiger partial charge in [0.1, 0.15) is 11.4 Å². The van der Waals surface area contributed by atoms with Crippen LogP contribution in [0.3, 0.4) is 0 Å². The maximum absolute atomic E-state index is 13.9. The van der Waals surface area contributed by atoms with Crippen molar-refractivity contribution in [3.05, 3.63) is 63.9 Å². The van der Waals surface area contributed by atoms with E-state index in [4.69, 9.17) is 16.3 Å². The monoisotopic (exact) mass is 440 g/mol. The zero-order valence-electron chi connectivity index (χ0n) is 16.8. The molecule has 31 heavy (non-hydrogen) atoms. The van der Waals surface area contributed by atoms with E-state index >= 15 is 0 Å². The number of halogens is 2. The minimum Gasteiger partial charge on any atom is -0.362 e. The van der Waals surface area contributed by atoms with E-state index in [0.717, 1.165) is 25.7 Å². The Morgan fingerprint density at radius 2 is 1.94 bits per heavy atom. The fraction of sp³-hybridized carbons (Fsp3) is 0.417. The van der Waals surface area contributed by atoms with Gasteiger partial charge in [-0.1, -0.05) is 17.7 Å². The summed E-state index contributed by atoms with van der Waals surface area (Å²) in [5, 5.41) is 6.29. The van der Waals surface area contributed by atoms with Crippen LogP contribution in [0.4, 0.5) is 10.1 Å². The minimum absolute atomic E-state index is 0.150. The molecule has 2 amide bonds. The lowest BCUT2D eigenvalue weighted by Gasteiger charge is -2.55. The average molecular weight is 441 g/mol. The van der Waals surface area contributed by atoms with Crippen LogP contribution in [0, 0.1) is 17.7 Å². The van der Waals surface area contributed by atoms with E-state index in [-0.39, 0.29) is 17.9 Å². The van der Waals surface area contributed by atoms with Gasteiger partial charge >= 0.3 is 0 Å². The molecule has 3 atom stereocenters. The number of rotatable bonds is 3. The molecule has 2 saturated carbocycles. The van der Waals surface area contributed by atoms with Crippen LogP contribution in [-0.4, -0.2) is 23.5 Å². The van der Waals surface area contributed by atoms with Gasteiger partial charge in [0.25, 0.3) is 11.8 Å². The summed E-state index contributed by atoms with van der Waals surface area (Å²) in [7, 11) is 0. The summed E-state index contributed by atoms with van der Waals surface area (Å²) in [6.45, 7) is 0. The number of benzene rings is 2. The van der Waals surface area contributed by atoms with Gasteiger partial charge in [0.05, 0.1) is 12.1 Å². The van der Waals surface area contributed by atoms with Crippen LogP contribution in [0.25, 0.3) is 0 Å². The van der Waals surface area contributed by atoms with E-state index in [1.165, 1.54) is 24.6 Å². The van der Waals surface area contributed by atoms with E-state index < -0.39 is 17.5 Å². The summed E-state index contributed by atoms with van der Waals surface area (Å²) in [5.41, 5.74) is 1.26. The largest absolute Gasteiger partial charge is 0.362 e. The SMILES string of the molecule is O=C1NC(c2cc(F)ccc2Cl)c2c(NC(=O)C34CC5CC(CC(C5)O3)C4)cccc21. The molecule has 4 bridgehead atoms. The topological polar surface area (TPSA) is 67.4 Å². The first-order chi connectivity index (χ1) is 14.9. The molecule has 5 aliphatic rings. The summed E-state index contributed by atoms with van der Waals surface area (Å²) in [5.74, 6) is 0.220. The molecule has 3 aliphatic heterocycles. The molecule has 2 aliphatic carbocycles. The summed E-state index contributed by atoms with van der Waals surface area (Å²) < 4.78 is 20.2. The zero-order chi connectivity index (χ0) is 21.3. The molecule has 2 N–H and O–H groups in total. The molecule has 0 radical (unpaired) electrons. The lowest BCUT2D eigenvalue weighted by molar-refractivity contribution is -0.215. The van der Waals surface area contributed by atoms with Crippen LogP contribution in [0.1, 0.15) is 59.6 Å². The molecule has 7 heteroatoms. The number of nitrogens with one attached hydrogen (secondary N) is 2. The Morgan fingerprint density at radius 3 is 2.68 bits per heavy atom. The molecular formula is C24H22ClFN2O3. The minimum atomic E-state index is -0.792. The van der Waals surface area contributed by atoms with Crippen molar-refractivity contribution in [2.45, 2.75) is 49.9 Å². The standard InChI is InChI=1S/C24H22ClFN2O3/c25-18-5-4-14(26)9-17(18)21-20-16(22(29)28-21)2-1-3-19(20)27-23(30)24-10-12-6-13(11-24)8-15(7-12)31-24/h1-5,9,12-13,15,21H,6-8,10-11H2,(H,27,30)(H,28,29). The number of carbonyl (C=O) groups excluding carboxylic acids is 2. The molecule has 3 heterocycles. The molecule has 0 spiro atoms. The predicted molar refractivity (Wildman–Crippen MR) is 113 cm³/mol. The first-order valence-corrected chi connectivity index (χ1v) is 11.2. The number of hydrogen-bond acceptors (Lipinski definition) is 3. The van der Waals surface area contributed by atoms with Gasteiger partial charge < -0.3 is 15.4 Å². The van der Waals surface area contributed by atoms with Gasteiger partial charge in [-0.05, 0) is 74.3 Å². The number of fused-ring (bicyclic) bond motifs is 1. The average Bonchev–Trinajstić information content (AvgIpc) is 3.06. The number of hydrogen-bond donors (Lipinski definition) is 2. The Balaban J connectivity index is 1.37. The summed E-state index contributed by atoms with van der Waals surface area (Å²) >= 11 is 6.33. The second-order valence-corrected chi connectivity index (χ2v) is 9.78. The molecule has 5 nitrogen and oxygen atoms in total.